The second-order valence-electron chi connectivity index (χ2n) is 9.75. The molecule has 0 spiro atoms. The van der Waals surface area contributed by atoms with Crippen LogP contribution >= 0.6 is 0 Å². The molecular formula is C23H31N5O5. The molecule has 2 aromatic heterocycles. The molecule has 178 valence electrons. The van der Waals surface area contributed by atoms with E-state index < -0.39 is 22.9 Å². The molecule has 1 saturated heterocycles. The average Bonchev–Trinajstić information content (AvgIpc) is 3.44. The first-order valence-corrected chi connectivity index (χ1v) is 11.4. The molecule has 33 heavy (non-hydrogen) atoms. The fourth-order valence-electron chi connectivity index (χ4n) is 4.02. The number of fused-ring (bicyclic) bond motifs is 1. The lowest BCUT2D eigenvalue weighted by molar-refractivity contribution is -0.129. The molecule has 10 heteroatoms. The number of amides is 2. The first-order valence-electron chi connectivity index (χ1n) is 11.4. The van der Waals surface area contributed by atoms with Gasteiger partial charge >= 0.3 is 0 Å². The zero-order valence-electron chi connectivity index (χ0n) is 19.2. The molecule has 4 rings (SSSR count). The summed E-state index contributed by atoms with van der Waals surface area (Å²) in [6.07, 6.45) is 7.16. The molecular weight excluding hydrogens is 426 g/mol. The van der Waals surface area contributed by atoms with Crippen molar-refractivity contribution in [3.63, 3.8) is 0 Å². The zero-order valence-corrected chi connectivity index (χ0v) is 19.2. The minimum absolute atomic E-state index is 0.0335. The lowest BCUT2D eigenvalue weighted by Gasteiger charge is -2.35. The van der Waals surface area contributed by atoms with E-state index in [0.717, 1.165) is 12.8 Å². The van der Waals surface area contributed by atoms with E-state index in [9.17, 15) is 24.6 Å². The van der Waals surface area contributed by atoms with E-state index in [1.807, 2.05) is 13.8 Å². The first-order chi connectivity index (χ1) is 15.6. The molecule has 2 aromatic rings. The Balaban J connectivity index is 1.69. The Hall–Kier alpha value is -3.14. The summed E-state index contributed by atoms with van der Waals surface area (Å²) < 4.78 is 2.61. The number of aromatic hydroxyl groups is 1. The molecule has 0 aromatic carbocycles. The van der Waals surface area contributed by atoms with Crippen LogP contribution in [0.15, 0.2) is 17.1 Å². The smallest absolute Gasteiger partial charge is 0.270 e. The van der Waals surface area contributed by atoms with E-state index >= 15 is 0 Å². The molecule has 1 saturated carbocycles. The number of carbonyl (C=O) groups is 2. The zero-order chi connectivity index (χ0) is 23.9. The summed E-state index contributed by atoms with van der Waals surface area (Å²) >= 11 is 0. The first kappa shape index (κ1) is 23.0. The lowest BCUT2D eigenvalue weighted by atomic mass is 9.94. The van der Waals surface area contributed by atoms with Crippen LogP contribution in [0.3, 0.4) is 0 Å². The summed E-state index contributed by atoms with van der Waals surface area (Å²) in [5.74, 6) is -1.24. The Kier molecular flexibility index (Phi) is 6.04. The van der Waals surface area contributed by atoms with E-state index in [0.29, 0.717) is 43.7 Å². The van der Waals surface area contributed by atoms with Gasteiger partial charge in [0.05, 0.1) is 11.8 Å². The summed E-state index contributed by atoms with van der Waals surface area (Å²) in [4.78, 5) is 40.2. The second kappa shape index (κ2) is 8.66. The highest BCUT2D eigenvalue weighted by molar-refractivity contribution is 5.97. The van der Waals surface area contributed by atoms with Gasteiger partial charge in [-0.1, -0.05) is 13.8 Å². The molecule has 0 atom stereocenters. The van der Waals surface area contributed by atoms with Crippen LogP contribution in [0.2, 0.25) is 0 Å². The highest BCUT2D eigenvalue weighted by Gasteiger charge is 2.30. The Morgan fingerprint density at radius 3 is 2.58 bits per heavy atom. The SMILES string of the molecule is CC(C)Cn1c(=O)c(C(=O)NC2CC2)c(O)n2ncc(/C=C/C(=O)N3CCC(C)(O)CC3)c12. The lowest BCUT2D eigenvalue weighted by Crippen LogP contribution is -2.44. The number of rotatable bonds is 6. The van der Waals surface area contributed by atoms with Gasteiger partial charge in [-0.2, -0.15) is 9.61 Å². The van der Waals surface area contributed by atoms with Gasteiger partial charge in [-0.3, -0.25) is 19.0 Å². The molecule has 2 aliphatic rings. The predicted octanol–water partition coefficient (Wildman–Crippen LogP) is 1.14. The minimum Gasteiger partial charge on any atom is -0.492 e. The van der Waals surface area contributed by atoms with Gasteiger partial charge in [-0.05, 0) is 44.6 Å². The second-order valence-corrected chi connectivity index (χ2v) is 9.75. The number of carbonyl (C=O) groups excluding carboxylic acids is 2. The molecule has 0 bridgehead atoms. The van der Waals surface area contributed by atoms with Crippen LogP contribution in [-0.4, -0.2) is 65.8 Å². The molecule has 2 amide bonds. The predicted molar refractivity (Wildman–Crippen MR) is 122 cm³/mol. The van der Waals surface area contributed by atoms with Crippen LogP contribution in [0, 0.1) is 5.92 Å². The maximum absolute atomic E-state index is 13.3. The van der Waals surface area contributed by atoms with Crippen molar-refractivity contribution in [2.75, 3.05) is 13.1 Å². The molecule has 0 unspecified atom stereocenters. The van der Waals surface area contributed by atoms with Gasteiger partial charge in [0.25, 0.3) is 11.5 Å². The number of likely N-dealkylation sites (tertiary alicyclic amines) is 1. The summed E-state index contributed by atoms with van der Waals surface area (Å²) in [6, 6.07) is 0.0335. The maximum atomic E-state index is 13.3. The van der Waals surface area contributed by atoms with Gasteiger partial charge < -0.3 is 20.4 Å². The average molecular weight is 458 g/mol. The maximum Gasteiger partial charge on any atom is 0.270 e. The van der Waals surface area contributed by atoms with Crippen LogP contribution in [0.1, 0.15) is 62.4 Å². The van der Waals surface area contributed by atoms with Gasteiger partial charge in [-0.25, -0.2) is 0 Å². The van der Waals surface area contributed by atoms with Crippen molar-refractivity contribution in [1.29, 1.82) is 0 Å². The van der Waals surface area contributed by atoms with Crippen LogP contribution in [0.25, 0.3) is 11.7 Å². The fraction of sp³-hybridized carbons (Fsp3) is 0.565. The van der Waals surface area contributed by atoms with Crippen molar-refractivity contribution in [3.05, 3.63) is 33.8 Å². The molecule has 2 fully saturated rings. The fourth-order valence-corrected chi connectivity index (χ4v) is 4.02. The third-order valence-corrected chi connectivity index (χ3v) is 6.16. The molecule has 10 nitrogen and oxygen atoms in total. The number of hydrogen-bond acceptors (Lipinski definition) is 6. The van der Waals surface area contributed by atoms with Crippen LogP contribution in [0.4, 0.5) is 0 Å². The molecule has 3 heterocycles. The molecule has 3 N–H and O–H groups in total. The number of aromatic nitrogens is 3. The van der Waals surface area contributed by atoms with E-state index in [-0.39, 0.29) is 23.4 Å². The van der Waals surface area contributed by atoms with Gasteiger partial charge in [0.1, 0.15) is 5.65 Å². The van der Waals surface area contributed by atoms with Crippen LogP contribution in [-0.2, 0) is 11.3 Å². The normalized spacial score (nSPS) is 18.4. The summed E-state index contributed by atoms with van der Waals surface area (Å²) in [6.45, 7) is 6.89. The third-order valence-electron chi connectivity index (χ3n) is 6.16. The summed E-state index contributed by atoms with van der Waals surface area (Å²) in [5.41, 5.74) is -0.872. The van der Waals surface area contributed by atoms with Crippen molar-refractivity contribution in [2.24, 2.45) is 5.92 Å². The largest absolute Gasteiger partial charge is 0.492 e. The number of piperidine rings is 1. The number of nitrogens with one attached hydrogen (secondary N) is 1. The molecule has 1 aliphatic carbocycles. The van der Waals surface area contributed by atoms with Crippen molar-refractivity contribution in [2.45, 2.75) is 64.6 Å². The van der Waals surface area contributed by atoms with Gasteiger partial charge in [0.15, 0.2) is 5.56 Å². The number of hydrogen-bond donors (Lipinski definition) is 3. The van der Waals surface area contributed by atoms with Gasteiger partial charge in [-0.15, -0.1) is 0 Å². The summed E-state index contributed by atoms with van der Waals surface area (Å²) in [7, 11) is 0. The Morgan fingerprint density at radius 2 is 1.97 bits per heavy atom. The van der Waals surface area contributed by atoms with Crippen LogP contribution in [0.5, 0.6) is 5.88 Å². The third kappa shape index (κ3) is 4.80. The van der Waals surface area contributed by atoms with Gasteiger partial charge in [0, 0.05) is 37.3 Å². The monoisotopic (exact) mass is 457 g/mol. The summed E-state index contributed by atoms with van der Waals surface area (Å²) in [5, 5.41) is 27.8. The minimum atomic E-state index is -0.753. The highest BCUT2D eigenvalue weighted by atomic mass is 16.3. The Bertz CT molecular complexity index is 1160. The number of nitrogens with zero attached hydrogens (tertiary/aromatic N) is 4. The van der Waals surface area contributed by atoms with Crippen molar-refractivity contribution in [3.8, 4) is 5.88 Å². The highest BCUT2D eigenvalue weighted by Crippen LogP contribution is 2.24. The molecule has 0 radical (unpaired) electrons. The van der Waals surface area contributed by atoms with E-state index in [1.54, 1.807) is 17.9 Å². The Labute approximate surface area is 191 Å². The van der Waals surface area contributed by atoms with Crippen molar-refractivity contribution >= 4 is 23.5 Å². The van der Waals surface area contributed by atoms with E-state index in [1.165, 1.54) is 21.4 Å². The van der Waals surface area contributed by atoms with Crippen molar-refractivity contribution in [1.82, 2.24) is 24.4 Å². The van der Waals surface area contributed by atoms with Crippen molar-refractivity contribution < 1.29 is 19.8 Å². The van der Waals surface area contributed by atoms with E-state index in [4.69, 9.17) is 0 Å². The quantitative estimate of drug-likeness (QED) is 0.558. The van der Waals surface area contributed by atoms with Crippen LogP contribution < -0.4 is 10.9 Å². The van der Waals surface area contributed by atoms with E-state index in [2.05, 4.69) is 10.4 Å². The number of aliphatic hydroxyl groups is 1. The topological polar surface area (TPSA) is 129 Å². The Morgan fingerprint density at radius 1 is 1.30 bits per heavy atom. The molecule has 1 aliphatic heterocycles. The van der Waals surface area contributed by atoms with Gasteiger partial charge in [0.2, 0.25) is 11.8 Å². The standard InChI is InChI=1S/C23H31N5O5/c1-14(2)13-27-20-15(4-7-17(29)26-10-8-23(3,33)9-11-26)12-24-28(20)22(32)18(21(27)31)19(30)25-16-5-6-16/h4,7,12,14,16,32-33H,5-6,8-11,13H2,1-3H3,(H,25,30)/b7-4+.